The topological polar surface area (TPSA) is 51.2 Å². The van der Waals surface area contributed by atoms with Crippen LogP contribution in [0.3, 0.4) is 0 Å². The Morgan fingerprint density at radius 1 is 1.25 bits per heavy atom. The lowest BCUT2D eigenvalue weighted by Crippen LogP contribution is -2.06. The van der Waals surface area contributed by atoms with Crippen molar-refractivity contribution >= 4 is 23.2 Å². The highest BCUT2D eigenvalue weighted by molar-refractivity contribution is 6.30. The second-order valence-electron chi connectivity index (χ2n) is 3.92. The summed E-state index contributed by atoms with van der Waals surface area (Å²) in [4.78, 5) is 16.2. The number of hydrogen-bond donors (Lipinski definition) is 1. The van der Waals surface area contributed by atoms with Gasteiger partial charge in [0.05, 0.1) is 7.11 Å². The van der Waals surface area contributed by atoms with Gasteiger partial charge in [-0.1, -0.05) is 17.7 Å². The van der Waals surface area contributed by atoms with Gasteiger partial charge in [0.25, 0.3) is 0 Å². The summed E-state index contributed by atoms with van der Waals surface area (Å²) < 4.78 is 5.13. The van der Waals surface area contributed by atoms with Crippen LogP contribution in [0.4, 0.5) is 5.82 Å². The molecule has 0 unspecified atom stereocenters. The molecule has 2 rings (SSSR count). The second kappa shape index (κ2) is 6.73. The molecule has 1 heterocycles. The van der Waals surface area contributed by atoms with Crippen LogP contribution in [0.15, 0.2) is 60.6 Å². The van der Waals surface area contributed by atoms with Gasteiger partial charge in [0, 0.05) is 22.9 Å². The molecule has 1 aromatic heterocycles. The Balaban J connectivity index is 2.14. The molecular weight excluding hydrogens is 276 g/mol. The van der Waals surface area contributed by atoms with Crippen molar-refractivity contribution in [3.8, 4) is 0 Å². The van der Waals surface area contributed by atoms with E-state index in [1.807, 2.05) is 6.07 Å². The Bertz CT molecular complexity index is 610. The Labute approximate surface area is 122 Å². The highest BCUT2D eigenvalue weighted by Crippen LogP contribution is 2.12. The van der Waals surface area contributed by atoms with Crippen LogP contribution < -0.4 is 5.32 Å². The van der Waals surface area contributed by atoms with Crippen LogP contribution in [0.1, 0.15) is 10.4 Å². The van der Waals surface area contributed by atoms with Crippen LogP contribution in [0.2, 0.25) is 5.02 Å². The fourth-order valence-corrected chi connectivity index (χ4v) is 1.65. The van der Waals surface area contributed by atoms with Gasteiger partial charge in [0.2, 0.25) is 0 Å². The molecule has 0 fully saturated rings. The van der Waals surface area contributed by atoms with E-state index in [0.717, 1.165) is 0 Å². The maximum absolute atomic E-state index is 12.1. The summed E-state index contributed by atoms with van der Waals surface area (Å²) in [5.41, 5.74) is 0.534. The van der Waals surface area contributed by atoms with Gasteiger partial charge in [0.15, 0.2) is 11.7 Å². The Morgan fingerprint density at radius 2 is 2.00 bits per heavy atom. The minimum atomic E-state index is -0.179. The van der Waals surface area contributed by atoms with E-state index < -0.39 is 0 Å². The maximum Gasteiger partial charge on any atom is 0.195 e. The van der Waals surface area contributed by atoms with E-state index in [0.29, 0.717) is 22.3 Å². The molecule has 0 atom stereocenters. The van der Waals surface area contributed by atoms with Crippen molar-refractivity contribution in [2.75, 3.05) is 12.4 Å². The van der Waals surface area contributed by atoms with Crippen LogP contribution in [0.25, 0.3) is 0 Å². The summed E-state index contributed by atoms with van der Waals surface area (Å²) in [5.74, 6) is 0.745. The van der Waals surface area contributed by atoms with Gasteiger partial charge in [0.1, 0.15) is 5.82 Å². The SMILES string of the molecule is CO/C(=C/C(=O)c1ccc(Cl)cc1)Nc1ccccn1. The molecule has 0 saturated carbocycles. The normalized spacial score (nSPS) is 11.0. The van der Waals surface area contributed by atoms with Gasteiger partial charge >= 0.3 is 0 Å². The lowest BCUT2D eigenvalue weighted by Gasteiger charge is -2.08. The van der Waals surface area contributed by atoms with Gasteiger partial charge in [-0.2, -0.15) is 0 Å². The van der Waals surface area contributed by atoms with E-state index in [2.05, 4.69) is 10.3 Å². The first kappa shape index (κ1) is 14.1. The van der Waals surface area contributed by atoms with Crippen LogP contribution in [0, 0.1) is 0 Å². The largest absolute Gasteiger partial charge is 0.482 e. The number of allylic oxidation sites excluding steroid dienone is 1. The standard InChI is InChI=1S/C15H13ClN2O2/c1-20-15(18-14-4-2-3-9-17-14)10-13(19)11-5-7-12(16)8-6-11/h2-10H,1H3,(H,17,18)/b15-10+. The summed E-state index contributed by atoms with van der Waals surface area (Å²) in [7, 11) is 1.48. The molecule has 2 aromatic rings. The van der Waals surface area contributed by atoms with E-state index in [-0.39, 0.29) is 5.78 Å². The smallest absolute Gasteiger partial charge is 0.195 e. The predicted octanol–water partition coefficient (Wildman–Crippen LogP) is 3.52. The second-order valence-corrected chi connectivity index (χ2v) is 4.36. The molecule has 0 aliphatic carbocycles. The van der Waals surface area contributed by atoms with E-state index in [4.69, 9.17) is 16.3 Å². The van der Waals surface area contributed by atoms with Crippen molar-refractivity contribution in [3.05, 3.63) is 71.2 Å². The maximum atomic E-state index is 12.1. The number of nitrogens with one attached hydrogen (secondary N) is 1. The molecular formula is C15H13ClN2O2. The van der Waals surface area contributed by atoms with Crippen LogP contribution >= 0.6 is 11.6 Å². The van der Waals surface area contributed by atoms with Crippen molar-refractivity contribution in [2.45, 2.75) is 0 Å². The first-order valence-corrected chi connectivity index (χ1v) is 6.30. The summed E-state index contributed by atoms with van der Waals surface area (Å²) in [6.45, 7) is 0. The summed E-state index contributed by atoms with van der Waals surface area (Å²) >= 11 is 5.78. The number of pyridine rings is 1. The quantitative estimate of drug-likeness (QED) is 0.519. The molecule has 0 radical (unpaired) electrons. The fraction of sp³-hybridized carbons (Fsp3) is 0.0667. The molecule has 0 aliphatic rings. The van der Waals surface area contributed by atoms with E-state index in [1.54, 1.807) is 42.6 Å². The van der Waals surface area contributed by atoms with Crippen LogP contribution in [-0.4, -0.2) is 17.9 Å². The molecule has 4 nitrogen and oxygen atoms in total. The average Bonchev–Trinajstić information content (AvgIpc) is 2.48. The molecule has 0 saturated heterocycles. The van der Waals surface area contributed by atoms with E-state index in [9.17, 15) is 4.79 Å². The van der Waals surface area contributed by atoms with Gasteiger partial charge in [-0.05, 0) is 36.4 Å². The number of rotatable bonds is 5. The Hall–Kier alpha value is -2.33. The fourth-order valence-electron chi connectivity index (χ4n) is 1.53. The van der Waals surface area contributed by atoms with Crippen molar-refractivity contribution in [3.63, 3.8) is 0 Å². The summed E-state index contributed by atoms with van der Waals surface area (Å²) in [6.07, 6.45) is 3.02. The molecule has 1 N–H and O–H groups in total. The molecule has 0 bridgehead atoms. The first-order valence-electron chi connectivity index (χ1n) is 5.92. The number of anilines is 1. The van der Waals surface area contributed by atoms with Crippen LogP contribution in [-0.2, 0) is 4.74 Å². The third-order valence-electron chi connectivity index (χ3n) is 2.53. The Kier molecular flexibility index (Phi) is 4.74. The van der Waals surface area contributed by atoms with Crippen molar-refractivity contribution in [1.82, 2.24) is 4.98 Å². The highest BCUT2D eigenvalue weighted by Gasteiger charge is 2.06. The number of nitrogens with zero attached hydrogens (tertiary/aromatic N) is 1. The number of hydrogen-bond acceptors (Lipinski definition) is 4. The molecule has 0 amide bonds. The van der Waals surface area contributed by atoms with E-state index in [1.165, 1.54) is 13.2 Å². The number of carbonyl (C=O) groups is 1. The zero-order valence-corrected chi connectivity index (χ0v) is 11.6. The number of ether oxygens (including phenoxy) is 1. The zero-order valence-electron chi connectivity index (χ0n) is 10.8. The molecule has 0 aliphatic heterocycles. The van der Waals surface area contributed by atoms with Crippen molar-refractivity contribution in [2.24, 2.45) is 0 Å². The predicted molar refractivity (Wildman–Crippen MR) is 78.7 cm³/mol. The van der Waals surface area contributed by atoms with Gasteiger partial charge < -0.3 is 10.1 Å². The van der Waals surface area contributed by atoms with Gasteiger partial charge in [-0.15, -0.1) is 0 Å². The number of methoxy groups -OCH3 is 1. The summed E-state index contributed by atoms with van der Waals surface area (Å²) in [5, 5.41) is 3.51. The summed E-state index contributed by atoms with van der Waals surface area (Å²) in [6, 6.07) is 12.1. The van der Waals surface area contributed by atoms with E-state index >= 15 is 0 Å². The number of benzene rings is 1. The Morgan fingerprint density at radius 3 is 2.60 bits per heavy atom. The number of ketones is 1. The third-order valence-corrected chi connectivity index (χ3v) is 2.78. The number of aromatic nitrogens is 1. The van der Waals surface area contributed by atoms with Gasteiger partial charge in [-0.25, -0.2) is 4.98 Å². The molecule has 0 spiro atoms. The minimum absolute atomic E-state index is 0.179. The molecule has 1 aromatic carbocycles. The molecule has 102 valence electrons. The zero-order chi connectivity index (χ0) is 14.4. The van der Waals surface area contributed by atoms with Gasteiger partial charge in [-0.3, -0.25) is 4.79 Å². The number of carbonyl (C=O) groups excluding carboxylic acids is 1. The number of halogens is 1. The minimum Gasteiger partial charge on any atom is -0.482 e. The lowest BCUT2D eigenvalue weighted by atomic mass is 10.1. The first-order chi connectivity index (χ1) is 9.69. The van der Waals surface area contributed by atoms with Crippen molar-refractivity contribution < 1.29 is 9.53 Å². The van der Waals surface area contributed by atoms with Crippen molar-refractivity contribution in [1.29, 1.82) is 0 Å². The lowest BCUT2D eigenvalue weighted by molar-refractivity contribution is 0.104. The monoisotopic (exact) mass is 288 g/mol. The molecule has 20 heavy (non-hydrogen) atoms. The highest BCUT2D eigenvalue weighted by atomic mass is 35.5. The third kappa shape index (κ3) is 3.83. The van der Waals surface area contributed by atoms with Crippen LogP contribution in [0.5, 0.6) is 0 Å². The average molecular weight is 289 g/mol. The molecule has 5 heteroatoms.